The molecule has 0 unspecified atom stereocenters. The summed E-state index contributed by atoms with van der Waals surface area (Å²) in [5.74, 6) is 0.244. The van der Waals surface area contributed by atoms with Crippen molar-refractivity contribution in [2.24, 2.45) is 5.73 Å². The predicted octanol–water partition coefficient (Wildman–Crippen LogP) is 1.16. The van der Waals surface area contributed by atoms with Crippen LogP contribution in [0.25, 0.3) is 11.0 Å². The molecule has 0 aromatic carbocycles. The van der Waals surface area contributed by atoms with E-state index in [1.807, 2.05) is 25.3 Å². The zero-order valence-electron chi connectivity index (χ0n) is 20.1. The van der Waals surface area contributed by atoms with E-state index in [2.05, 4.69) is 40.9 Å². The van der Waals surface area contributed by atoms with Gasteiger partial charge >= 0.3 is 0 Å². The molecule has 0 bridgehead atoms. The molecule has 2 saturated heterocycles. The first kappa shape index (κ1) is 23.4. The Hall–Kier alpha value is -3.37. The highest BCUT2D eigenvalue weighted by atomic mass is 16.1. The number of primary amides is 1. The molecule has 0 spiro atoms. The highest BCUT2D eigenvalue weighted by molar-refractivity contribution is 5.90. The predicted molar refractivity (Wildman–Crippen MR) is 134 cm³/mol. The van der Waals surface area contributed by atoms with Gasteiger partial charge in [0.1, 0.15) is 0 Å². The summed E-state index contributed by atoms with van der Waals surface area (Å²) in [4.78, 5) is 38.2. The number of pyridine rings is 2. The summed E-state index contributed by atoms with van der Waals surface area (Å²) in [6, 6.07) is 7.99. The lowest BCUT2D eigenvalue weighted by atomic mass is 10.0. The standard InChI is InChI=1S/C25H32N8O2/c1-2-18-14-21-22(28-25(18)35)13-17(15-27-21)16-31-9-11-32(12-10-31)19-5-7-33(8-6-19)23-4-3-20(24(26)34)29-30-23/h3-4,13-15,19H,2,5-12,16H2,1H3,(H2,26,34)(H,28,35). The maximum Gasteiger partial charge on any atom is 0.269 e. The summed E-state index contributed by atoms with van der Waals surface area (Å²) in [7, 11) is 0. The number of nitrogens with zero attached hydrogens (tertiary/aromatic N) is 6. The Morgan fingerprint density at radius 2 is 1.86 bits per heavy atom. The Bertz CT molecular complexity index is 1240. The number of aromatic amines is 1. The van der Waals surface area contributed by atoms with E-state index in [0.717, 1.165) is 86.6 Å². The molecule has 184 valence electrons. The first-order valence-corrected chi connectivity index (χ1v) is 12.4. The molecule has 0 radical (unpaired) electrons. The van der Waals surface area contributed by atoms with Gasteiger partial charge in [-0.05, 0) is 49.1 Å². The van der Waals surface area contributed by atoms with Crippen LogP contribution in [-0.4, -0.2) is 81.2 Å². The number of nitrogens with two attached hydrogens (primary N) is 1. The monoisotopic (exact) mass is 476 g/mol. The summed E-state index contributed by atoms with van der Waals surface area (Å²) in [5, 5.41) is 8.10. The summed E-state index contributed by atoms with van der Waals surface area (Å²) < 4.78 is 0. The number of piperazine rings is 1. The number of aryl methyl sites for hydroxylation is 1. The van der Waals surface area contributed by atoms with Gasteiger partial charge in [0.15, 0.2) is 11.5 Å². The summed E-state index contributed by atoms with van der Waals surface area (Å²) in [5.41, 5.74) is 8.98. The Kier molecular flexibility index (Phi) is 6.74. The van der Waals surface area contributed by atoms with Crippen molar-refractivity contribution in [1.82, 2.24) is 30.0 Å². The quantitative estimate of drug-likeness (QED) is 0.543. The maximum absolute atomic E-state index is 12.2. The third-order valence-electron chi connectivity index (χ3n) is 7.23. The summed E-state index contributed by atoms with van der Waals surface area (Å²) >= 11 is 0. The lowest BCUT2D eigenvalue weighted by Gasteiger charge is -2.43. The van der Waals surface area contributed by atoms with Crippen molar-refractivity contribution in [1.29, 1.82) is 0 Å². The van der Waals surface area contributed by atoms with Crippen molar-refractivity contribution < 1.29 is 4.79 Å². The number of amides is 1. The zero-order valence-corrected chi connectivity index (χ0v) is 20.1. The van der Waals surface area contributed by atoms with Gasteiger partial charge in [-0.1, -0.05) is 6.92 Å². The van der Waals surface area contributed by atoms with E-state index in [-0.39, 0.29) is 11.3 Å². The average molecular weight is 477 g/mol. The number of rotatable bonds is 6. The number of nitrogens with one attached hydrogen (secondary N) is 1. The lowest BCUT2D eigenvalue weighted by Crippen LogP contribution is -2.53. The number of carbonyl (C=O) groups is 1. The second kappa shape index (κ2) is 10.1. The van der Waals surface area contributed by atoms with Crippen LogP contribution in [0.5, 0.6) is 0 Å². The van der Waals surface area contributed by atoms with Crippen LogP contribution in [0.15, 0.2) is 35.3 Å². The molecule has 10 heteroatoms. The molecule has 2 aliphatic rings. The van der Waals surface area contributed by atoms with E-state index in [4.69, 9.17) is 5.73 Å². The van der Waals surface area contributed by atoms with E-state index < -0.39 is 5.91 Å². The van der Waals surface area contributed by atoms with Crippen LogP contribution in [0.3, 0.4) is 0 Å². The van der Waals surface area contributed by atoms with Gasteiger partial charge in [0.05, 0.1) is 11.0 Å². The SMILES string of the molecule is CCc1cc2ncc(CN3CCN(C4CCN(c5ccc(C(N)=O)nn5)CC4)CC3)cc2[nH]c1=O. The molecule has 10 nitrogen and oxygen atoms in total. The fourth-order valence-electron chi connectivity index (χ4n) is 5.15. The van der Waals surface area contributed by atoms with Crippen molar-refractivity contribution in [3.05, 3.63) is 57.6 Å². The van der Waals surface area contributed by atoms with Gasteiger partial charge in [0.25, 0.3) is 11.5 Å². The number of anilines is 1. The molecular formula is C25H32N8O2. The van der Waals surface area contributed by atoms with Crippen LogP contribution in [0, 0.1) is 0 Å². The van der Waals surface area contributed by atoms with Gasteiger partial charge in [-0.2, -0.15) is 0 Å². The van der Waals surface area contributed by atoms with E-state index in [9.17, 15) is 9.59 Å². The topological polar surface area (TPSA) is 124 Å². The smallest absolute Gasteiger partial charge is 0.269 e. The van der Waals surface area contributed by atoms with Crippen LogP contribution in [0.4, 0.5) is 5.82 Å². The zero-order chi connectivity index (χ0) is 24.4. The number of fused-ring (bicyclic) bond motifs is 1. The first-order chi connectivity index (χ1) is 17.0. The fourth-order valence-corrected chi connectivity index (χ4v) is 5.15. The second-order valence-corrected chi connectivity index (χ2v) is 9.42. The Morgan fingerprint density at radius 1 is 1.09 bits per heavy atom. The Morgan fingerprint density at radius 3 is 2.51 bits per heavy atom. The number of aromatic nitrogens is 4. The molecule has 5 heterocycles. The van der Waals surface area contributed by atoms with Crippen molar-refractivity contribution in [2.75, 3.05) is 44.2 Å². The third-order valence-corrected chi connectivity index (χ3v) is 7.23. The highest BCUT2D eigenvalue weighted by Crippen LogP contribution is 2.22. The molecule has 0 saturated carbocycles. The maximum atomic E-state index is 12.2. The molecule has 3 aromatic rings. The minimum absolute atomic E-state index is 0.0201. The van der Waals surface area contributed by atoms with Crippen LogP contribution in [-0.2, 0) is 13.0 Å². The molecule has 2 aliphatic heterocycles. The Labute approximate surface area is 204 Å². The van der Waals surface area contributed by atoms with Gasteiger partial charge < -0.3 is 15.6 Å². The minimum Gasteiger partial charge on any atom is -0.364 e. The number of piperidine rings is 1. The van der Waals surface area contributed by atoms with Crippen molar-refractivity contribution in [2.45, 2.75) is 38.8 Å². The van der Waals surface area contributed by atoms with Crippen molar-refractivity contribution >= 4 is 22.8 Å². The molecule has 3 N–H and O–H groups in total. The number of carbonyl (C=O) groups excluding carboxylic acids is 1. The van der Waals surface area contributed by atoms with E-state index in [0.29, 0.717) is 12.5 Å². The van der Waals surface area contributed by atoms with Gasteiger partial charge in [0, 0.05) is 63.6 Å². The van der Waals surface area contributed by atoms with Gasteiger partial charge in [0.2, 0.25) is 0 Å². The van der Waals surface area contributed by atoms with Crippen LogP contribution in [0.1, 0.15) is 41.4 Å². The van der Waals surface area contributed by atoms with E-state index in [1.54, 1.807) is 6.07 Å². The minimum atomic E-state index is -0.556. The molecule has 5 rings (SSSR count). The third kappa shape index (κ3) is 5.18. The van der Waals surface area contributed by atoms with Crippen LogP contribution in [0.2, 0.25) is 0 Å². The number of H-pyrrole nitrogens is 1. The van der Waals surface area contributed by atoms with Crippen LogP contribution < -0.4 is 16.2 Å². The van der Waals surface area contributed by atoms with E-state index >= 15 is 0 Å². The molecule has 35 heavy (non-hydrogen) atoms. The lowest BCUT2D eigenvalue weighted by molar-refractivity contribution is 0.0811. The molecule has 3 aromatic heterocycles. The fraction of sp³-hybridized carbons (Fsp3) is 0.480. The normalized spacial score (nSPS) is 18.3. The Balaban J connectivity index is 1.12. The first-order valence-electron chi connectivity index (χ1n) is 12.4. The van der Waals surface area contributed by atoms with Gasteiger partial charge in [-0.3, -0.25) is 24.4 Å². The average Bonchev–Trinajstić information content (AvgIpc) is 2.89. The molecule has 0 aliphatic carbocycles. The second-order valence-electron chi connectivity index (χ2n) is 9.42. The van der Waals surface area contributed by atoms with Crippen molar-refractivity contribution in [3.63, 3.8) is 0 Å². The molecule has 2 fully saturated rings. The summed E-state index contributed by atoms with van der Waals surface area (Å²) in [6.07, 6.45) is 4.80. The molecule has 0 atom stereocenters. The number of hydrogen-bond donors (Lipinski definition) is 2. The van der Waals surface area contributed by atoms with Crippen LogP contribution >= 0.6 is 0 Å². The largest absolute Gasteiger partial charge is 0.364 e. The molecule has 1 amide bonds. The summed E-state index contributed by atoms with van der Waals surface area (Å²) in [6.45, 7) is 8.81. The van der Waals surface area contributed by atoms with E-state index in [1.165, 1.54) is 0 Å². The highest BCUT2D eigenvalue weighted by Gasteiger charge is 2.28. The van der Waals surface area contributed by atoms with Gasteiger partial charge in [-0.15, -0.1) is 10.2 Å². The van der Waals surface area contributed by atoms with Crippen molar-refractivity contribution in [3.8, 4) is 0 Å². The van der Waals surface area contributed by atoms with Gasteiger partial charge in [-0.25, -0.2) is 0 Å². The number of hydrogen-bond acceptors (Lipinski definition) is 8. The molecular weight excluding hydrogens is 444 g/mol.